The standard InChI is InChI=1S/C14H7Cl2F3N8/c15-7-1-9(16)12(20-3-7)26-5-8(4-22-26)24-11-2-10(14(17,18)19)25-13-21-6-23-27(11)13/h1-6,24H. The molecule has 0 unspecified atom stereocenters. The summed E-state index contributed by atoms with van der Waals surface area (Å²) in [5.41, 5.74) is -0.723. The predicted molar refractivity (Wildman–Crippen MR) is 90.4 cm³/mol. The van der Waals surface area contributed by atoms with Crippen LogP contribution in [0.5, 0.6) is 0 Å². The highest BCUT2D eigenvalue weighted by Crippen LogP contribution is 2.30. The quantitative estimate of drug-likeness (QED) is 0.548. The molecule has 13 heteroatoms. The van der Waals surface area contributed by atoms with Crippen molar-refractivity contribution in [3.8, 4) is 5.82 Å². The number of nitrogens with one attached hydrogen (secondary N) is 1. The number of anilines is 2. The van der Waals surface area contributed by atoms with E-state index in [0.29, 0.717) is 16.5 Å². The summed E-state index contributed by atoms with van der Waals surface area (Å²) >= 11 is 11.9. The molecule has 0 aliphatic rings. The maximum atomic E-state index is 13.0. The van der Waals surface area contributed by atoms with Crippen LogP contribution in [-0.4, -0.2) is 34.3 Å². The molecule has 0 saturated heterocycles. The number of nitrogens with zero attached hydrogens (tertiary/aromatic N) is 7. The Balaban J connectivity index is 1.71. The average molecular weight is 415 g/mol. The lowest BCUT2D eigenvalue weighted by atomic mass is 10.3. The van der Waals surface area contributed by atoms with Gasteiger partial charge < -0.3 is 5.32 Å². The Bertz CT molecular complexity index is 1140. The van der Waals surface area contributed by atoms with Crippen molar-refractivity contribution in [3.63, 3.8) is 0 Å². The molecule has 4 aromatic rings. The maximum absolute atomic E-state index is 13.0. The van der Waals surface area contributed by atoms with E-state index in [2.05, 4.69) is 30.5 Å². The molecule has 8 nitrogen and oxygen atoms in total. The number of rotatable bonds is 3. The van der Waals surface area contributed by atoms with E-state index >= 15 is 0 Å². The zero-order chi connectivity index (χ0) is 19.2. The minimum absolute atomic E-state index is 0.0135. The summed E-state index contributed by atoms with van der Waals surface area (Å²) in [5, 5.41) is 11.4. The molecule has 1 N–H and O–H groups in total. The molecule has 4 rings (SSSR count). The van der Waals surface area contributed by atoms with Crippen LogP contribution in [0.15, 0.2) is 37.1 Å². The molecular weight excluding hydrogens is 408 g/mol. The number of hydrogen-bond donors (Lipinski definition) is 1. The van der Waals surface area contributed by atoms with E-state index in [1.165, 1.54) is 29.3 Å². The lowest BCUT2D eigenvalue weighted by Crippen LogP contribution is -2.12. The second kappa shape index (κ2) is 6.35. The summed E-state index contributed by atoms with van der Waals surface area (Å²) in [6, 6.07) is 2.32. The predicted octanol–water partition coefficient (Wildman–Crippen LogP) is 3.77. The Labute approximate surface area is 158 Å². The third-order valence-electron chi connectivity index (χ3n) is 3.40. The summed E-state index contributed by atoms with van der Waals surface area (Å²) < 4.78 is 41.6. The zero-order valence-electron chi connectivity index (χ0n) is 13.0. The van der Waals surface area contributed by atoms with E-state index in [-0.39, 0.29) is 16.6 Å². The molecule has 0 fully saturated rings. The monoisotopic (exact) mass is 414 g/mol. The molecule has 0 amide bonds. The molecule has 0 spiro atoms. The highest BCUT2D eigenvalue weighted by atomic mass is 35.5. The molecule has 4 aromatic heterocycles. The van der Waals surface area contributed by atoms with Crippen LogP contribution in [0, 0.1) is 0 Å². The van der Waals surface area contributed by atoms with Crippen LogP contribution in [0.2, 0.25) is 10.0 Å². The van der Waals surface area contributed by atoms with Crippen molar-refractivity contribution in [1.29, 1.82) is 0 Å². The largest absolute Gasteiger partial charge is 0.433 e. The van der Waals surface area contributed by atoms with Crippen molar-refractivity contribution < 1.29 is 13.2 Å². The van der Waals surface area contributed by atoms with Gasteiger partial charge in [0.1, 0.15) is 12.1 Å². The molecule has 0 bridgehead atoms. The fraction of sp³-hybridized carbons (Fsp3) is 0.0714. The fourth-order valence-electron chi connectivity index (χ4n) is 2.27. The molecule has 4 heterocycles. The highest BCUT2D eigenvalue weighted by Gasteiger charge is 2.34. The Kier molecular flexibility index (Phi) is 4.12. The summed E-state index contributed by atoms with van der Waals surface area (Å²) in [5.74, 6) is 0.132. The lowest BCUT2D eigenvalue weighted by Gasteiger charge is -2.10. The lowest BCUT2D eigenvalue weighted by molar-refractivity contribution is -0.141. The van der Waals surface area contributed by atoms with Crippen LogP contribution >= 0.6 is 23.2 Å². The molecule has 0 saturated carbocycles. The van der Waals surface area contributed by atoms with Gasteiger partial charge >= 0.3 is 6.18 Å². The van der Waals surface area contributed by atoms with E-state index in [1.807, 2.05) is 0 Å². The van der Waals surface area contributed by atoms with E-state index < -0.39 is 11.9 Å². The maximum Gasteiger partial charge on any atom is 0.433 e. The first-order valence-electron chi connectivity index (χ1n) is 7.22. The molecule has 0 radical (unpaired) electrons. The SMILES string of the molecule is FC(F)(F)c1cc(Nc2cnn(-c3ncc(Cl)cc3Cl)c2)n2ncnc2n1. The zero-order valence-corrected chi connectivity index (χ0v) is 14.5. The van der Waals surface area contributed by atoms with Crippen LogP contribution in [-0.2, 0) is 6.18 Å². The van der Waals surface area contributed by atoms with Gasteiger partial charge in [0.25, 0.3) is 5.78 Å². The van der Waals surface area contributed by atoms with Crippen molar-refractivity contribution in [2.24, 2.45) is 0 Å². The number of halogens is 5. The van der Waals surface area contributed by atoms with E-state index in [4.69, 9.17) is 23.2 Å². The van der Waals surface area contributed by atoms with Crippen molar-refractivity contribution in [2.45, 2.75) is 6.18 Å². The van der Waals surface area contributed by atoms with Gasteiger partial charge in [-0.15, -0.1) is 0 Å². The van der Waals surface area contributed by atoms with Crippen LogP contribution in [0.1, 0.15) is 5.69 Å². The molecule has 0 aliphatic heterocycles. The van der Waals surface area contributed by atoms with Gasteiger partial charge in [-0.3, -0.25) is 0 Å². The van der Waals surface area contributed by atoms with Gasteiger partial charge in [-0.25, -0.2) is 14.6 Å². The smallest absolute Gasteiger partial charge is 0.337 e. The number of aromatic nitrogens is 7. The molecule has 0 aliphatic carbocycles. The second-order valence-corrected chi connectivity index (χ2v) is 6.10. The third kappa shape index (κ3) is 3.38. The van der Waals surface area contributed by atoms with E-state index in [1.54, 1.807) is 0 Å². The van der Waals surface area contributed by atoms with Gasteiger partial charge in [-0.1, -0.05) is 23.2 Å². The topological polar surface area (TPSA) is 85.8 Å². The van der Waals surface area contributed by atoms with Crippen LogP contribution in [0.4, 0.5) is 24.7 Å². The average Bonchev–Trinajstić information content (AvgIpc) is 3.23. The normalized spacial score (nSPS) is 11.9. The van der Waals surface area contributed by atoms with Crippen LogP contribution in [0.25, 0.3) is 11.6 Å². The first-order chi connectivity index (χ1) is 12.8. The fourth-order valence-corrected chi connectivity index (χ4v) is 2.74. The van der Waals surface area contributed by atoms with Crippen molar-refractivity contribution in [2.75, 3.05) is 5.32 Å². The molecule has 0 aromatic carbocycles. The van der Waals surface area contributed by atoms with Gasteiger partial charge in [0.2, 0.25) is 0 Å². The minimum atomic E-state index is -4.63. The molecule has 138 valence electrons. The van der Waals surface area contributed by atoms with Gasteiger partial charge in [-0.05, 0) is 6.07 Å². The Hall–Kier alpha value is -2.92. The molecule has 0 atom stereocenters. The summed E-state index contributed by atoms with van der Waals surface area (Å²) in [7, 11) is 0. The Morgan fingerprint density at radius 3 is 2.59 bits per heavy atom. The molecule has 27 heavy (non-hydrogen) atoms. The van der Waals surface area contributed by atoms with E-state index in [9.17, 15) is 13.2 Å². The molecular formula is C14H7Cl2F3N8. The van der Waals surface area contributed by atoms with Crippen molar-refractivity contribution in [1.82, 2.24) is 34.3 Å². The Morgan fingerprint density at radius 2 is 1.85 bits per heavy atom. The highest BCUT2D eigenvalue weighted by molar-refractivity contribution is 6.35. The summed E-state index contributed by atoms with van der Waals surface area (Å²) in [6.45, 7) is 0. The van der Waals surface area contributed by atoms with Gasteiger partial charge in [-0.2, -0.15) is 32.9 Å². The number of alkyl halides is 3. The van der Waals surface area contributed by atoms with Crippen molar-refractivity contribution in [3.05, 3.63) is 52.8 Å². The van der Waals surface area contributed by atoms with Crippen LogP contribution < -0.4 is 5.32 Å². The van der Waals surface area contributed by atoms with Crippen LogP contribution in [0.3, 0.4) is 0 Å². The second-order valence-electron chi connectivity index (χ2n) is 5.25. The van der Waals surface area contributed by atoms with Gasteiger partial charge in [0.15, 0.2) is 11.5 Å². The minimum Gasteiger partial charge on any atom is -0.337 e. The number of pyridine rings is 1. The first-order valence-corrected chi connectivity index (χ1v) is 7.98. The summed E-state index contributed by atoms with van der Waals surface area (Å²) in [6.07, 6.45) is 0.764. The summed E-state index contributed by atoms with van der Waals surface area (Å²) in [4.78, 5) is 11.2. The van der Waals surface area contributed by atoms with E-state index in [0.717, 1.165) is 16.9 Å². The third-order valence-corrected chi connectivity index (χ3v) is 3.89. The number of fused-ring (bicyclic) bond motifs is 1. The Morgan fingerprint density at radius 1 is 1.04 bits per heavy atom. The number of hydrogen-bond acceptors (Lipinski definition) is 6. The first kappa shape index (κ1) is 17.5. The van der Waals surface area contributed by atoms with Gasteiger partial charge in [0.05, 0.1) is 28.1 Å². The van der Waals surface area contributed by atoms with Gasteiger partial charge in [0, 0.05) is 12.3 Å². The van der Waals surface area contributed by atoms with Crippen molar-refractivity contribution >= 4 is 40.5 Å².